The summed E-state index contributed by atoms with van der Waals surface area (Å²) in [7, 11) is 1.70. The van der Waals surface area contributed by atoms with E-state index in [0.29, 0.717) is 11.6 Å². The maximum absolute atomic E-state index is 12.9. The van der Waals surface area contributed by atoms with Crippen molar-refractivity contribution in [3.63, 3.8) is 0 Å². The van der Waals surface area contributed by atoms with Crippen molar-refractivity contribution in [2.24, 2.45) is 7.05 Å². The van der Waals surface area contributed by atoms with Crippen LogP contribution in [0.25, 0.3) is 11.4 Å². The van der Waals surface area contributed by atoms with Gasteiger partial charge in [-0.1, -0.05) is 17.3 Å². The molecule has 0 saturated heterocycles. The molecule has 0 aliphatic heterocycles. The van der Waals surface area contributed by atoms with Gasteiger partial charge in [-0.25, -0.2) is 0 Å². The third-order valence-electron chi connectivity index (χ3n) is 4.73. The van der Waals surface area contributed by atoms with Gasteiger partial charge in [-0.2, -0.15) is 23.3 Å². The van der Waals surface area contributed by atoms with E-state index in [2.05, 4.69) is 20.6 Å². The fraction of sp³-hybridized carbons (Fsp3) is 0.368. The van der Waals surface area contributed by atoms with E-state index in [-0.39, 0.29) is 23.2 Å². The van der Waals surface area contributed by atoms with Gasteiger partial charge in [-0.15, -0.1) is 0 Å². The number of nitrogens with one attached hydrogen (secondary N) is 1. The average molecular weight is 405 g/mol. The molecule has 2 heterocycles. The third kappa shape index (κ3) is 4.01. The zero-order chi connectivity index (χ0) is 20.8. The van der Waals surface area contributed by atoms with Crippen LogP contribution in [0.1, 0.15) is 59.4 Å². The minimum atomic E-state index is -4.47. The lowest BCUT2D eigenvalue weighted by Crippen LogP contribution is -2.28. The van der Waals surface area contributed by atoms with Crippen molar-refractivity contribution in [2.75, 3.05) is 0 Å². The second-order valence-corrected chi connectivity index (χ2v) is 7.08. The van der Waals surface area contributed by atoms with Crippen LogP contribution in [0.5, 0.6) is 0 Å². The van der Waals surface area contributed by atoms with Gasteiger partial charge in [-0.05, 0) is 38.0 Å². The summed E-state index contributed by atoms with van der Waals surface area (Å²) in [4.78, 5) is 16.7. The highest BCUT2D eigenvalue weighted by molar-refractivity contribution is 5.92. The van der Waals surface area contributed by atoms with Crippen LogP contribution >= 0.6 is 0 Å². The highest BCUT2D eigenvalue weighted by Crippen LogP contribution is 2.39. The molecule has 1 saturated carbocycles. The molecule has 1 amide bonds. The predicted molar refractivity (Wildman–Crippen MR) is 95.8 cm³/mol. The summed E-state index contributed by atoms with van der Waals surface area (Å²) in [6.07, 6.45) is -2.31. The lowest BCUT2D eigenvalue weighted by Gasteiger charge is -2.09. The van der Waals surface area contributed by atoms with Gasteiger partial charge in [0.1, 0.15) is 11.7 Å². The minimum Gasteiger partial charge on any atom is -0.339 e. The Balaban J connectivity index is 1.49. The number of alkyl halides is 3. The van der Waals surface area contributed by atoms with Crippen LogP contribution in [0.15, 0.2) is 34.9 Å². The Kier molecular flexibility index (Phi) is 4.64. The number of halogens is 3. The third-order valence-corrected chi connectivity index (χ3v) is 4.73. The van der Waals surface area contributed by atoms with Crippen LogP contribution in [0, 0.1) is 0 Å². The molecule has 1 fully saturated rings. The number of amides is 1. The zero-order valence-corrected chi connectivity index (χ0v) is 15.7. The molecular weight excluding hydrogens is 387 g/mol. The van der Waals surface area contributed by atoms with Crippen LogP contribution < -0.4 is 5.32 Å². The molecule has 1 unspecified atom stereocenters. The second-order valence-electron chi connectivity index (χ2n) is 7.08. The van der Waals surface area contributed by atoms with Crippen LogP contribution in [0.2, 0.25) is 0 Å². The molecule has 1 aliphatic rings. The molecule has 3 aromatic rings. The molecule has 10 heteroatoms. The predicted octanol–water partition coefficient (Wildman–Crippen LogP) is 3.86. The van der Waals surface area contributed by atoms with Gasteiger partial charge < -0.3 is 9.84 Å². The molecule has 7 nitrogen and oxygen atoms in total. The van der Waals surface area contributed by atoms with Gasteiger partial charge in [0.2, 0.25) is 11.7 Å². The summed E-state index contributed by atoms with van der Waals surface area (Å²) in [5, 5.41) is 10.8. The van der Waals surface area contributed by atoms with Gasteiger partial charge in [-0.3, -0.25) is 9.48 Å². The Bertz CT molecular complexity index is 1050. The van der Waals surface area contributed by atoms with E-state index in [4.69, 9.17) is 4.52 Å². The first kappa shape index (κ1) is 19.2. The van der Waals surface area contributed by atoms with E-state index in [1.807, 2.05) is 0 Å². The standard InChI is InChI=1S/C19H18F3N5O2/c1-10(23-17(28)15-9-14(11-6-7-11)25-27(15)2)18-24-16(26-29-18)12-4-3-5-13(8-12)19(20,21)22/h3-5,8-11H,6-7H2,1-2H3,(H,23,28). The van der Waals surface area contributed by atoms with Crippen molar-refractivity contribution in [1.29, 1.82) is 0 Å². The number of hydrogen-bond donors (Lipinski definition) is 1. The van der Waals surface area contributed by atoms with E-state index in [9.17, 15) is 18.0 Å². The number of hydrogen-bond acceptors (Lipinski definition) is 5. The molecule has 1 N–H and O–H groups in total. The Labute approximate surface area is 163 Å². The molecule has 29 heavy (non-hydrogen) atoms. The Morgan fingerprint density at radius 2 is 2.07 bits per heavy atom. The largest absolute Gasteiger partial charge is 0.416 e. The highest BCUT2D eigenvalue weighted by atomic mass is 19.4. The number of nitrogens with zero attached hydrogens (tertiary/aromatic N) is 4. The van der Waals surface area contributed by atoms with Crippen LogP contribution in [-0.4, -0.2) is 25.8 Å². The lowest BCUT2D eigenvalue weighted by atomic mass is 10.1. The van der Waals surface area contributed by atoms with Crippen molar-refractivity contribution in [2.45, 2.75) is 37.9 Å². The van der Waals surface area contributed by atoms with Gasteiger partial charge >= 0.3 is 6.18 Å². The van der Waals surface area contributed by atoms with Crippen molar-refractivity contribution in [3.8, 4) is 11.4 Å². The van der Waals surface area contributed by atoms with Crippen LogP contribution in [-0.2, 0) is 13.2 Å². The van der Waals surface area contributed by atoms with Crippen LogP contribution in [0.4, 0.5) is 13.2 Å². The number of aryl methyl sites for hydroxylation is 1. The first-order chi connectivity index (χ1) is 13.7. The number of benzene rings is 1. The molecule has 0 spiro atoms. The van der Waals surface area contributed by atoms with Gasteiger partial charge in [0.15, 0.2) is 0 Å². The van der Waals surface area contributed by atoms with Crippen molar-refractivity contribution in [3.05, 3.63) is 53.2 Å². The summed E-state index contributed by atoms with van der Waals surface area (Å²) in [6, 6.07) is 5.79. The SMILES string of the molecule is CC(NC(=O)c1cc(C2CC2)nn1C)c1nc(-c2cccc(C(F)(F)F)c2)no1. The van der Waals surface area contributed by atoms with E-state index in [1.165, 1.54) is 16.8 Å². The molecule has 0 bridgehead atoms. The minimum absolute atomic E-state index is 0.0174. The van der Waals surface area contributed by atoms with Crippen molar-refractivity contribution >= 4 is 5.91 Å². The van der Waals surface area contributed by atoms with Gasteiger partial charge in [0, 0.05) is 18.5 Å². The van der Waals surface area contributed by atoms with E-state index in [0.717, 1.165) is 30.7 Å². The van der Waals surface area contributed by atoms with Crippen LogP contribution in [0.3, 0.4) is 0 Å². The molecule has 1 aliphatic carbocycles. The van der Waals surface area contributed by atoms with Gasteiger partial charge in [0.25, 0.3) is 5.91 Å². The van der Waals surface area contributed by atoms with E-state index >= 15 is 0 Å². The summed E-state index contributed by atoms with van der Waals surface area (Å²) >= 11 is 0. The molecule has 2 aromatic heterocycles. The number of aromatic nitrogens is 4. The van der Waals surface area contributed by atoms with E-state index in [1.54, 1.807) is 20.0 Å². The number of carbonyl (C=O) groups is 1. The summed E-state index contributed by atoms with van der Waals surface area (Å²) < 4.78 is 45.3. The quantitative estimate of drug-likeness (QED) is 0.697. The Morgan fingerprint density at radius 1 is 1.31 bits per heavy atom. The molecule has 4 rings (SSSR count). The Hall–Kier alpha value is -3.17. The first-order valence-corrected chi connectivity index (χ1v) is 9.08. The Morgan fingerprint density at radius 3 is 2.76 bits per heavy atom. The lowest BCUT2D eigenvalue weighted by molar-refractivity contribution is -0.137. The number of rotatable bonds is 5. The number of carbonyl (C=O) groups excluding carboxylic acids is 1. The normalized spacial score (nSPS) is 15.3. The molecular formula is C19H18F3N5O2. The average Bonchev–Trinajstić information content (AvgIpc) is 3.26. The summed E-state index contributed by atoms with van der Waals surface area (Å²) in [6.45, 7) is 1.65. The first-order valence-electron chi connectivity index (χ1n) is 9.08. The van der Waals surface area contributed by atoms with Crippen molar-refractivity contribution < 1.29 is 22.5 Å². The van der Waals surface area contributed by atoms with Gasteiger partial charge in [0.05, 0.1) is 11.3 Å². The molecule has 1 atom stereocenters. The highest BCUT2D eigenvalue weighted by Gasteiger charge is 2.31. The maximum Gasteiger partial charge on any atom is 0.416 e. The molecule has 0 radical (unpaired) electrons. The monoisotopic (exact) mass is 405 g/mol. The maximum atomic E-state index is 12.9. The van der Waals surface area contributed by atoms with Crippen molar-refractivity contribution in [1.82, 2.24) is 25.2 Å². The topological polar surface area (TPSA) is 85.8 Å². The molecule has 1 aromatic carbocycles. The summed E-state index contributed by atoms with van der Waals surface area (Å²) in [5.41, 5.74) is 0.686. The zero-order valence-electron chi connectivity index (χ0n) is 15.7. The fourth-order valence-electron chi connectivity index (χ4n) is 2.98. The summed E-state index contributed by atoms with van der Waals surface area (Å²) in [5.74, 6) is 0.184. The second kappa shape index (κ2) is 7.02. The van der Waals surface area contributed by atoms with E-state index < -0.39 is 17.8 Å². The molecule has 152 valence electrons. The smallest absolute Gasteiger partial charge is 0.339 e. The fourth-order valence-corrected chi connectivity index (χ4v) is 2.98.